The molecule has 2 rings (SSSR count). The number of urea groups is 1. The Morgan fingerprint density at radius 2 is 2.40 bits per heavy atom. The van der Waals surface area contributed by atoms with Gasteiger partial charge in [0.15, 0.2) is 0 Å². The number of imidazole rings is 1. The topological polar surface area (TPSA) is 81.3 Å². The second-order valence-electron chi connectivity index (χ2n) is 5.38. The van der Waals surface area contributed by atoms with Crippen molar-refractivity contribution in [2.75, 3.05) is 13.6 Å². The summed E-state index contributed by atoms with van der Waals surface area (Å²) in [6.45, 7) is 4.94. The molecule has 0 spiro atoms. The standard InChI is InChI=1S/C13H21N5O2/c1-9(2)18-7-10(6-12(18)19)16-13(20)17(3)8-11-14-4-5-15-11/h4-5,9-10H,6-8H2,1-3H3,(H,14,15)(H,16,20)/t10-/m0/s1. The van der Waals surface area contributed by atoms with E-state index < -0.39 is 0 Å². The Bertz CT molecular complexity index is 471. The molecule has 7 nitrogen and oxygen atoms in total. The Balaban J connectivity index is 1.84. The number of nitrogens with zero attached hydrogens (tertiary/aromatic N) is 3. The molecule has 2 N–H and O–H groups in total. The molecule has 2 heterocycles. The molecule has 1 aromatic heterocycles. The normalized spacial score (nSPS) is 18.7. The van der Waals surface area contributed by atoms with Gasteiger partial charge in [-0.3, -0.25) is 4.79 Å². The summed E-state index contributed by atoms with van der Waals surface area (Å²) in [6, 6.07) is -0.133. The van der Waals surface area contributed by atoms with Crippen LogP contribution >= 0.6 is 0 Å². The van der Waals surface area contributed by atoms with Gasteiger partial charge >= 0.3 is 6.03 Å². The van der Waals surface area contributed by atoms with Crippen LogP contribution in [0, 0.1) is 0 Å². The van der Waals surface area contributed by atoms with Gasteiger partial charge < -0.3 is 20.1 Å². The number of nitrogens with one attached hydrogen (secondary N) is 2. The van der Waals surface area contributed by atoms with E-state index in [4.69, 9.17) is 0 Å². The maximum atomic E-state index is 12.1. The molecule has 3 amide bonds. The number of hydrogen-bond donors (Lipinski definition) is 2. The van der Waals surface area contributed by atoms with Crippen LogP contribution in [0.2, 0.25) is 0 Å². The van der Waals surface area contributed by atoms with Crippen LogP contribution in [0.25, 0.3) is 0 Å². The molecule has 0 aliphatic carbocycles. The first-order valence-electron chi connectivity index (χ1n) is 6.76. The molecule has 1 aliphatic heterocycles. The number of rotatable bonds is 4. The fourth-order valence-electron chi connectivity index (χ4n) is 2.29. The van der Waals surface area contributed by atoms with Crippen LogP contribution in [0.4, 0.5) is 4.79 Å². The van der Waals surface area contributed by atoms with Crippen LogP contribution in [0.5, 0.6) is 0 Å². The van der Waals surface area contributed by atoms with E-state index in [-0.39, 0.29) is 24.0 Å². The van der Waals surface area contributed by atoms with Crippen molar-refractivity contribution in [1.82, 2.24) is 25.1 Å². The highest BCUT2D eigenvalue weighted by atomic mass is 16.2. The van der Waals surface area contributed by atoms with Crippen molar-refractivity contribution in [2.45, 2.75) is 38.9 Å². The number of carbonyl (C=O) groups is 2. The summed E-state index contributed by atoms with van der Waals surface area (Å²) in [6.07, 6.45) is 3.74. The summed E-state index contributed by atoms with van der Waals surface area (Å²) in [5, 5.41) is 2.89. The highest BCUT2D eigenvalue weighted by Gasteiger charge is 2.32. The van der Waals surface area contributed by atoms with Crippen molar-refractivity contribution in [1.29, 1.82) is 0 Å². The van der Waals surface area contributed by atoms with E-state index in [1.54, 1.807) is 29.2 Å². The second kappa shape index (κ2) is 5.94. The minimum absolute atomic E-state index is 0.0963. The van der Waals surface area contributed by atoms with Gasteiger partial charge in [-0.2, -0.15) is 0 Å². The molecule has 0 bridgehead atoms. The van der Waals surface area contributed by atoms with Crippen molar-refractivity contribution in [3.05, 3.63) is 18.2 Å². The van der Waals surface area contributed by atoms with E-state index in [9.17, 15) is 9.59 Å². The van der Waals surface area contributed by atoms with Crippen LogP contribution < -0.4 is 5.32 Å². The molecule has 0 saturated carbocycles. The molecule has 1 saturated heterocycles. The van der Waals surface area contributed by atoms with E-state index in [1.165, 1.54) is 0 Å². The Labute approximate surface area is 118 Å². The quantitative estimate of drug-likeness (QED) is 0.845. The summed E-state index contributed by atoms with van der Waals surface area (Å²) < 4.78 is 0. The third-order valence-corrected chi connectivity index (χ3v) is 3.40. The van der Waals surface area contributed by atoms with E-state index >= 15 is 0 Å². The number of carbonyl (C=O) groups excluding carboxylic acids is 2. The number of hydrogen-bond acceptors (Lipinski definition) is 3. The molecule has 20 heavy (non-hydrogen) atoms. The van der Waals surface area contributed by atoms with Crippen LogP contribution in [-0.4, -0.2) is 57.4 Å². The lowest BCUT2D eigenvalue weighted by atomic mass is 10.2. The van der Waals surface area contributed by atoms with Crippen LogP contribution in [0.1, 0.15) is 26.1 Å². The summed E-state index contributed by atoms with van der Waals surface area (Å²) in [5.41, 5.74) is 0. The average molecular weight is 279 g/mol. The van der Waals surface area contributed by atoms with Gasteiger partial charge in [-0.1, -0.05) is 0 Å². The first-order valence-corrected chi connectivity index (χ1v) is 6.76. The minimum Gasteiger partial charge on any atom is -0.347 e. The third kappa shape index (κ3) is 3.28. The number of likely N-dealkylation sites (tertiary alicyclic amines) is 1. The van der Waals surface area contributed by atoms with E-state index in [0.717, 1.165) is 5.82 Å². The molecular weight excluding hydrogens is 258 g/mol. The Morgan fingerprint density at radius 1 is 1.65 bits per heavy atom. The predicted molar refractivity (Wildman–Crippen MR) is 73.8 cm³/mol. The third-order valence-electron chi connectivity index (χ3n) is 3.40. The molecule has 0 unspecified atom stereocenters. The van der Waals surface area contributed by atoms with Gasteiger partial charge in [0.1, 0.15) is 5.82 Å². The van der Waals surface area contributed by atoms with E-state index in [1.807, 2.05) is 13.8 Å². The first-order chi connectivity index (χ1) is 9.47. The molecule has 0 aromatic carbocycles. The molecule has 0 radical (unpaired) electrons. The van der Waals surface area contributed by atoms with Crippen molar-refractivity contribution >= 4 is 11.9 Å². The largest absolute Gasteiger partial charge is 0.347 e. The van der Waals surface area contributed by atoms with Crippen molar-refractivity contribution in [3.63, 3.8) is 0 Å². The second-order valence-corrected chi connectivity index (χ2v) is 5.38. The highest BCUT2D eigenvalue weighted by Crippen LogP contribution is 2.14. The van der Waals surface area contributed by atoms with Gasteiger partial charge in [-0.15, -0.1) is 0 Å². The van der Waals surface area contributed by atoms with Crippen molar-refractivity contribution < 1.29 is 9.59 Å². The van der Waals surface area contributed by atoms with Crippen molar-refractivity contribution in [2.24, 2.45) is 0 Å². The van der Waals surface area contributed by atoms with Crippen molar-refractivity contribution in [3.8, 4) is 0 Å². The van der Waals surface area contributed by atoms with Crippen LogP contribution in [0.3, 0.4) is 0 Å². The molecule has 1 aliphatic rings. The van der Waals surface area contributed by atoms with Gasteiger partial charge in [0.05, 0.1) is 12.6 Å². The zero-order valence-corrected chi connectivity index (χ0v) is 12.1. The molecule has 1 atom stereocenters. The van der Waals surface area contributed by atoms with Gasteiger partial charge in [-0.25, -0.2) is 9.78 Å². The summed E-state index contributed by atoms with van der Waals surface area (Å²) in [5.74, 6) is 0.827. The first kappa shape index (κ1) is 14.4. The average Bonchev–Trinajstić information content (AvgIpc) is 2.98. The molecule has 110 valence electrons. The van der Waals surface area contributed by atoms with Gasteiger partial charge in [0.25, 0.3) is 0 Å². The number of aromatic nitrogens is 2. The lowest BCUT2D eigenvalue weighted by molar-refractivity contribution is -0.129. The van der Waals surface area contributed by atoms with Gasteiger partial charge in [-0.05, 0) is 13.8 Å². The molecule has 1 fully saturated rings. The van der Waals surface area contributed by atoms with Gasteiger partial charge in [0, 0.05) is 38.4 Å². The number of amides is 3. The zero-order valence-electron chi connectivity index (χ0n) is 12.1. The fraction of sp³-hybridized carbons (Fsp3) is 0.615. The maximum absolute atomic E-state index is 12.1. The van der Waals surface area contributed by atoms with E-state index in [2.05, 4.69) is 15.3 Å². The smallest absolute Gasteiger partial charge is 0.317 e. The summed E-state index contributed by atoms with van der Waals surface area (Å²) >= 11 is 0. The highest BCUT2D eigenvalue weighted by molar-refractivity contribution is 5.81. The number of aromatic amines is 1. The minimum atomic E-state index is -0.190. The maximum Gasteiger partial charge on any atom is 0.317 e. The predicted octanol–water partition coefficient (Wildman–Crippen LogP) is 0.560. The summed E-state index contributed by atoms with van der Waals surface area (Å²) in [4.78, 5) is 34.2. The molecule has 1 aromatic rings. The van der Waals surface area contributed by atoms with Crippen LogP contribution in [0.15, 0.2) is 12.4 Å². The molecule has 7 heteroatoms. The fourth-order valence-corrected chi connectivity index (χ4v) is 2.29. The zero-order chi connectivity index (χ0) is 14.7. The van der Waals surface area contributed by atoms with Gasteiger partial charge in [0.2, 0.25) is 5.91 Å². The number of H-pyrrole nitrogens is 1. The Hall–Kier alpha value is -2.05. The monoisotopic (exact) mass is 279 g/mol. The SMILES string of the molecule is CC(C)N1C[C@@H](NC(=O)N(C)Cc2ncc[nH]2)CC1=O. The Kier molecular flexibility index (Phi) is 4.26. The lowest BCUT2D eigenvalue weighted by Crippen LogP contribution is -2.44. The van der Waals surface area contributed by atoms with E-state index in [0.29, 0.717) is 19.5 Å². The Morgan fingerprint density at radius 3 is 2.95 bits per heavy atom. The molecular formula is C13H21N5O2. The van der Waals surface area contributed by atoms with Crippen LogP contribution in [-0.2, 0) is 11.3 Å². The summed E-state index contributed by atoms with van der Waals surface area (Å²) in [7, 11) is 1.70. The lowest BCUT2D eigenvalue weighted by Gasteiger charge is -2.22.